The standard InChI is InChI=1S/C26H31N3O4/c30-24(27-20-10-13-28(14-11-20)25(31)19-12-16-33-17-19)21-6-2-3-7-22(21)26(32)29-15-9-18-5-1-4-8-23(18)29/h1,4-5,8,12,16-17,20-22H,2-3,6-7,9-11,13-15H2,(H,27,30)/t21-,22-/m0/s1. The molecule has 1 saturated carbocycles. The molecule has 2 aromatic rings. The SMILES string of the molecule is O=C(NC1CCN(C(=O)c2ccoc2)CC1)[C@H]1CCCC[C@@H]1C(=O)N1CCc2ccccc21. The number of amides is 3. The summed E-state index contributed by atoms with van der Waals surface area (Å²) in [6, 6.07) is 9.79. The molecule has 0 radical (unpaired) electrons. The molecule has 1 saturated heterocycles. The van der Waals surface area contributed by atoms with Gasteiger partial charge >= 0.3 is 0 Å². The van der Waals surface area contributed by atoms with E-state index in [0.29, 0.717) is 25.2 Å². The first-order chi connectivity index (χ1) is 16.1. The molecular weight excluding hydrogens is 418 g/mol. The summed E-state index contributed by atoms with van der Waals surface area (Å²) in [6.45, 7) is 1.91. The number of carbonyl (C=O) groups excluding carboxylic acids is 3. The van der Waals surface area contributed by atoms with Gasteiger partial charge in [-0.3, -0.25) is 14.4 Å². The molecule has 1 aromatic carbocycles. The maximum atomic E-state index is 13.5. The van der Waals surface area contributed by atoms with Crippen LogP contribution in [-0.2, 0) is 16.0 Å². The molecule has 2 aliphatic heterocycles. The van der Waals surface area contributed by atoms with E-state index < -0.39 is 0 Å². The maximum Gasteiger partial charge on any atom is 0.257 e. The Kier molecular flexibility index (Phi) is 6.20. The Hall–Kier alpha value is -3.09. The predicted molar refractivity (Wildman–Crippen MR) is 124 cm³/mol. The Morgan fingerprint density at radius 1 is 0.909 bits per heavy atom. The van der Waals surface area contributed by atoms with Crippen LogP contribution in [0.25, 0.3) is 0 Å². The molecule has 2 atom stereocenters. The number of para-hydroxylation sites is 1. The fourth-order valence-electron chi connectivity index (χ4n) is 5.61. The van der Waals surface area contributed by atoms with Crippen molar-refractivity contribution in [2.45, 2.75) is 51.0 Å². The molecule has 0 bridgehead atoms. The lowest BCUT2D eigenvalue weighted by Gasteiger charge is -2.36. The van der Waals surface area contributed by atoms with Gasteiger partial charge in [0.1, 0.15) is 6.26 Å². The van der Waals surface area contributed by atoms with Crippen LogP contribution in [0.5, 0.6) is 0 Å². The molecule has 33 heavy (non-hydrogen) atoms. The normalized spacial score (nSPS) is 23.3. The smallest absolute Gasteiger partial charge is 0.257 e. The van der Waals surface area contributed by atoms with Crippen molar-refractivity contribution < 1.29 is 18.8 Å². The predicted octanol–water partition coefficient (Wildman–Crippen LogP) is 3.40. The molecule has 174 valence electrons. The van der Waals surface area contributed by atoms with Crippen LogP contribution < -0.4 is 10.2 Å². The number of anilines is 1. The van der Waals surface area contributed by atoms with Gasteiger partial charge in [-0.05, 0) is 49.8 Å². The number of nitrogens with one attached hydrogen (secondary N) is 1. The fourth-order valence-corrected chi connectivity index (χ4v) is 5.61. The lowest BCUT2D eigenvalue weighted by atomic mass is 9.77. The van der Waals surface area contributed by atoms with E-state index >= 15 is 0 Å². The highest BCUT2D eigenvalue weighted by atomic mass is 16.3. The third kappa shape index (κ3) is 4.41. The molecule has 1 aromatic heterocycles. The molecular formula is C26H31N3O4. The van der Waals surface area contributed by atoms with Gasteiger partial charge in [0.2, 0.25) is 11.8 Å². The number of fused-ring (bicyclic) bond motifs is 1. The molecule has 3 heterocycles. The number of carbonyl (C=O) groups is 3. The van der Waals surface area contributed by atoms with Crippen LogP contribution in [0.2, 0.25) is 0 Å². The Morgan fingerprint density at radius 3 is 2.42 bits per heavy atom. The number of nitrogens with zero attached hydrogens (tertiary/aromatic N) is 2. The summed E-state index contributed by atoms with van der Waals surface area (Å²) in [4.78, 5) is 43.0. The molecule has 7 heteroatoms. The summed E-state index contributed by atoms with van der Waals surface area (Å²) in [7, 11) is 0. The highest BCUT2D eigenvalue weighted by Crippen LogP contribution is 2.36. The second kappa shape index (κ2) is 9.41. The fraction of sp³-hybridized carbons (Fsp3) is 0.500. The van der Waals surface area contributed by atoms with Gasteiger partial charge in [-0.15, -0.1) is 0 Å². The van der Waals surface area contributed by atoms with Crippen molar-refractivity contribution >= 4 is 23.4 Å². The Balaban J connectivity index is 1.19. The van der Waals surface area contributed by atoms with Crippen LogP contribution in [0.15, 0.2) is 47.3 Å². The number of benzene rings is 1. The number of likely N-dealkylation sites (tertiary alicyclic amines) is 1. The molecule has 0 unspecified atom stereocenters. The van der Waals surface area contributed by atoms with E-state index in [4.69, 9.17) is 4.42 Å². The molecule has 3 aliphatic rings. The Morgan fingerprint density at radius 2 is 1.67 bits per heavy atom. The van der Waals surface area contributed by atoms with Gasteiger partial charge < -0.3 is 19.5 Å². The summed E-state index contributed by atoms with van der Waals surface area (Å²) >= 11 is 0. The number of furan rings is 1. The first kappa shape index (κ1) is 21.7. The minimum atomic E-state index is -0.274. The zero-order valence-electron chi connectivity index (χ0n) is 18.9. The van der Waals surface area contributed by atoms with E-state index in [0.717, 1.165) is 50.6 Å². The molecule has 1 aliphatic carbocycles. The van der Waals surface area contributed by atoms with Crippen LogP contribution in [0.4, 0.5) is 5.69 Å². The largest absolute Gasteiger partial charge is 0.472 e. The maximum absolute atomic E-state index is 13.5. The second-order valence-corrected chi connectivity index (χ2v) is 9.45. The zero-order chi connectivity index (χ0) is 22.8. The van der Waals surface area contributed by atoms with Crippen molar-refractivity contribution in [3.63, 3.8) is 0 Å². The second-order valence-electron chi connectivity index (χ2n) is 9.45. The van der Waals surface area contributed by atoms with Crippen molar-refractivity contribution in [3.8, 4) is 0 Å². The van der Waals surface area contributed by atoms with E-state index in [9.17, 15) is 14.4 Å². The number of hydrogen-bond donors (Lipinski definition) is 1. The van der Waals surface area contributed by atoms with E-state index in [2.05, 4.69) is 11.4 Å². The number of hydrogen-bond acceptors (Lipinski definition) is 4. The highest BCUT2D eigenvalue weighted by Gasteiger charge is 2.40. The van der Waals surface area contributed by atoms with Crippen LogP contribution in [-0.4, -0.2) is 48.3 Å². The van der Waals surface area contributed by atoms with Crippen molar-refractivity contribution in [1.29, 1.82) is 0 Å². The summed E-state index contributed by atoms with van der Waals surface area (Å²) in [6.07, 6.45) is 8.79. The molecule has 7 nitrogen and oxygen atoms in total. The van der Waals surface area contributed by atoms with E-state index in [1.165, 1.54) is 18.1 Å². The van der Waals surface area contributed by atoms with E-state index in [1.54, 1.807) is 6.07 Å². The van der Waals surface area contributed by atoms with Gasteiger partial charge in [0.25, 0.3) is 5.91 Å². The lowest BCUT2D eigenvalue weighted by molar-refractivity contribution is -0.135. The molecule has 5 rings (SSSR count). The van der Waals surface area contributed by atoms with Crippen LogP contribution in [0.1, 0.15) is 54.4 Å². The number of rotatable bonds is 4. The van der Waals surface area contributed by atoms with Crippen molar-refractivity contribution in [2.24, 2.45) is 11.8 Å². The molecule has 3 amide bonds. The summed E-state index contributed by atoms with van der Waals surface area (Å²) < 4.78 is 5.02. The lowest BCUT2D eigenvalue weighted by Crippen LogP contribution is -2.50. The van der Waals surface area contributed by atoms with Gasteiger partial charge in [-0.1, -0.05) is 31.0 Å². The topological polar surface area (TPSA) is 82.9 Å². The van der Waals surface area contributed by atoms with E-state index in [1.807, 2.05) is 28.0 Å². The monoisotopic (exact) mass is 449 g/mol. The Bertz CT molecular complexity index is 1010. The minimum Gasteiger partial charge on any atom is -0.472 e. The third-order valence-electron chi connectivity index (χ3n) is 7.47. The van der Waals surface area contributed by atoms with Gasteiger partial charge in [0.15, 0.2) is 0 Å². The van der Waals surface area contributed by atoms with Gasteiger partial charge in [-0.2, -0.15) is 0 Å². The van der Waals surface area contributed by atoms with Crippen LogP contribution in [0, 0.1) is 11.8 Å². The van der Waals surface area contributed by atoms with Crippen molar-refractivity contribution in [2.75, 3.05) is 24.5 Å². The van der Waals surface area contributed by atoms with Gasteiger partial charge in [0.05, 0.1) is 17.7 Å². The quantitative estimate of drug-likeness (QED) is 0.776. The number of piperidine rings is 1. The van der Waals surface area contributed by atoms with Gasteiger partial charge in [0, 0.05) is 37.3 Å². The first-order valence-corrected chi connectivity index (χ1v) is 12.1. The summed E-state index contributed by atoms with van der Waals surface area (Å²) in [5, 5.41) is 3.21. The average Bonchev–Trinajstić information content (AvgIpc) is 3.54. The highest BCUT2D eigenvalue weighted by molar-refractivity contribution is 5.99. The van der Waals surface area contributed by atoms with Crippen LogP contribution in [0.3, 0.4) is 0 Å². The zero-order valence-corrected chi connectivity index (χ0v) is 18.9. The summed E-state index contributed by atoms with van der Waals surface area (Å²) in [5.41, 5.74) is 2.77. The Labute approximate surface area is 194 Å². The van der Waals surface area contributed by atoms with Crippen LogP contribution >= 0.6 is 0 Å². The third-order valence-corrected chi connectivity index (χ3v) is 7.47. The summed E-state index contributed by atoms with van der Waals surface area (Å²) in [5.74, 6) is -0.463. The van der Waals surface area contributed by atoms with Crippen molar-refractivity contribution in [3.05, 3.63) is 54.0 Å². The minimum absolute atomic E-state index is 0.000133. The molecule has 1 N–H and O–H groups in total. The van der Waals surface area contributed by atoms with E-state index in [-0.39, 0.29) is 35.6 Å². The first-order valence-electron chi connectivity index (χ1n) is 12.1. The molecule has 0 spiro atoms. The molecule has 2 fully saturated rings. The van der Waals surface area contributed by atoms with Gasteiger partial charge in [-0.25, -0.2) is 0 Å². The van der Waals surface area contributed by atoms with Crippen molar-refractivity contribution in [1.82, 2.24) is 10.2 Å². The average molecular weight is 450 g/mol.